The molecule has 0 saturated heterocycles. The van der Waals surface area contributed by atoms with Gasteiger partial charge in [-0.3, -0.25) is 4.79 Å². The zero-order valence-electron chi connectivity index (χ0n) is 12.1. The molecular weight excluding hydrogens is 284 g/mol. The number of carbonyl (C=O) groups excluding carboxylic acids is 1. The maximum atomic E-state index is 12.7. The van der Waals surface area contributed by atoms with Crippen LogP contribution in [0.1, 0.15) is 21.5 Å². The largest absolute Gasteiger partial charge is 0.333 e. The summed E-state index contributed by atoms with van der Waals surface area (Å²) >= 11 is 6.01. The van der Waals surface area contributed by atoms with Crippen LogP contribution in [0.4, 0.5) is 0 Å². The Labute approximate surface area is 130 Å². The lowest BCUT2D eigenvalue weighted by Gasteiger charge is -2.23. The van der Waals surface area contributed by atoms with Crippen molar-refractivity contribution >= 4 is 17.5 Å². The van der Waals surface area contributed by atoms with Gasteiger partial charge in [-0.15, -0.1) is 0 Å². The van der Waals surface area contributed by atoms with E-state index < -0.39 is 0 Å². The fourth-order valence-corrected chi connectivity index (χ4v) is 2.38. The zero-order chi connectivity index (χ0) is 15.2. The van der Waals surface area contributed by atoms with E-state index in [9.17, 15) is 4.79 Å². The first kappa shape index (κ1) is 15.5. The molecule has 0 aliphatic heterocycles. The Morgan fingerprint density at radius 1 is 1.19 bits per heavy atom. The Hall–Kier alpha value is -1.84. The van der Waals surface area contributed by atoms with Gasteiger partial charge in [0.25, 0.3) is 5.91 Å². The molecule has 0 fully saturated rings. The van der Waals surface area contributed by atoms with Crippen molar-refractivity contribution in [3.8, 4) is 0 Å². The van der Waals surface area contributed by atoms with Gasteiger partial charge in [-0.05, 0) is 30.2 Å². The predicted octanol–water partition coefficient (Wildman–Crippen LogP) is 3.25. The van der Waals surface area contributed by atoms with Gasteiger partial charge in [0, 0.05) is 30.2 Å². The van der Waals surface area contributed by atoms with Gasteiger partial charge in [0.15, 0.2) is 0 Å². The highest BCUT2D eigenvalue weighted by Crippen LogP contribution is 2.18. The molecule has 0 bridgehead atoms. The Balaban J connectivity index is 2.25. The normalized spacial score (nSPS) is 10.4. The molecule has 4 heteroatoms. The molecule has 1 amide bonds. The molecule has 2 aromatic carbocycles. The van der Waals surface area contributed by atoms with Crippen LogP contribution in [0.3, 0.4) is 0 Å². The topological polar surface area (TPSA) is 46.3 Å². The van der Waals surface area contributed by atoms with Crippen LogP contribution < -0.4 is 5.73 Å². The van der Waals surface area contributed by atoms with Gasteiger partial charge in [-0.1, -0.05) is 48.0 Å². The Morgan fingerprint density at radius 3 is 2.57 bits per heavy atom. The molecule has 0 atom stereocenters. The molecule has 0 spiro atoms. The quantitative estimate of drug-likeness (QED) is 0.921. The van der Waals surface area contributed by atoms with E-state index in [2.05, 4.69) is 0 Å². The fourth-order valence-electron chi connectivity index (χ4n) is 2.21. The van der Waals surface area contributed by atoms with Crippen molar-refractivity contribution in [3.05, 3.63) is 70.2 Å². The third-order valence-electron chi connectivity index (χ3n) is 3.33. The van der Waals surface area contributed by atoms with Crippen molar-refractivity contribution in [2.75, 3.05) is 13.1 Å². The van der Waals surface area contributed by atoms with E-state index in [0.29, 0.717) is 30.2 Å². The van der Waals surface area contributed by atoms with Crippen LogP contribution >= 0.6 is 11.6 Å². The number of halogens is 1. The van der Waals surface area contributed by atoms with Crippen LogP contribution in [0.15, 0.2) is 48.5 Å². The summed E-state index contributed by atoms with van der Waals surface area (Å²) in [7, 11) is 0. The monoisotopic (exact) mass is 302 g/mol. The highest BCUT2D eigenvalue weighted by molar-refractivity contribution is 6.31. The second-order valence-corrected chi connectivity index (χ2v) is 5.40. The third-order valence-corrected chi connectivity index (χ3v) is 3.57. The highest BCUT2D eigenvalue weighted by Gasteiger charge is 2.17. The number of rotatable bonds is 5. The van der Waals surface area contributed by atoms with Crippen LogP contribution in [0, 0.1) is 6.92 Å². The number of nitrogens with zero attached hydrogens (tertiary/aromatic N) is 1. The summed E-state index contributed by atoms with van der Waals surface area (Å²) in [5.74, 6) is -0.0377. The summed E-state index contributed by atoms with van der Waals surface area (Å²) in [6.45, 7) is 3.40. The molecule has 0 aliphatic rings. The van der Waals surface area contributed by atoms with Gasteiger partial charge in [0.2, 0.25) is 0 Å². The van der Waals surface area contributed by atoms with E-state index in [-0.39, 0.29) is 5.91 Å². The summed E-state index contributed by atoms with van der Waals surface area (Å²) in [6.07, 6.45) is 0. The molecule has 0 radical (unpaired) electrons. The second kappa shape index (κ2) is 7.25. The molecule has 2 rings (SSSR count). The number of benzene rings is 2. The summed E-state index contributed by atoms with van der Waals surface area (Å²) in [4.78, 5) is 14.5. The van der Waals surface area contributed by atoms with E-state index in [1.165, 1.54) is 0 Å². The predicted molar refractivity (Wildman–Crippen MR) is 86.4 cm³/mol. The van der Waals surface area contributed by atoms with Crippen LogP contribution in [0.25, 0.3) is 0 Å². The lowest BCUT2D eigenvalue weighted by Crippen LogP contribution is -2.35. The van der Waals surface area contributed by atoms with Gasteiger partial charge in [0.05, 0.1) is 0 Å². The molecule has 2 aromatic rings. The minimum Gasteiger partial charge on any atom is -0.333 e. The van der Waals surface area contributed by atoms with Crippen molar-refractivity contribution in [1.29, 1.82) is 0 Å². The summed E-state index contributed by atoms with van der Waals surface area (Å²) < 4.78 is 0. The minimum atomic E-state index is -0.0377. The molecule has 21 heavy (non-hydrogen) atoms. The number of hydrogen-bond acceptors (Lipinski definition) is 2. The van der Waals surface area contributed by atoms with Gasteiger partial charge in [-0.2, -0.15) is 0 Å². The number of hydrogen-bond donors (Lipinski definition) is 1. The molecule has 0 aromatic heterocycles. The van der Waals surface area contributed by atoms with Crippen molar-refractivity contribution in [1.82, 2.24) is 4.90 Å². The van der Waals surface area contributed by atoms with Gasteiger partial charge in [0.1, 0.15) is 0 Å². The molecular formula is C17H19ClN2O. The number of nitrogens with two attached hydrogens (primary N) is 1. The lowest BCUT2D eigenvalue weighted by molar-refractivity contribution is 0.0747. The number of aryl methyl sites for hydroxylation is 1. The van der Waals surface area contributed by atoms with Gasteiger partial charge >= 0.3 is 0 Å². The maximum Gasteiger partial charge on any atom is 0.254 e. The Kier molecular flexibility index (Phi) is 5.37. The van der Waals surface area contributed by atoms with Gasteiger partial charge in [-0.25, -0.2) is 0 Å². The molecule has 0 saturated carbocycles. The van der Waals surface area contributed by atoms with E-state index in [0.717, 1.165) is 11.1 Å². The van der Waals surface area contributed by atoms with E-state index in [4.69, 9.17) is 17.3 Å². The lowest BCUT2D eigenvalue weighted by atomic mass is 10.1. The summed E-state index contributed by atoms with van der Waals surface area (Å²) in [5, 5.41) is 0.566. The van der Waals surface area contributed by atoms with Crippen LogP contribution in [-0.4, -0.2) is 23.9 Å². The first-order chi connectivity index (χ1) is 10.1. The first-order valence-corrected chi connectivity index (χ1v) is 7.29. The van der Waals surface area contributed by atoms with Crippen molar-refractivity contribution in [2.24, 2.45) is 5.73 Å². The summed E-state index contributed by atoms with van der Waals surface area (Å²) in [5.41, 5.74) is 8.28. The Morgan fingerprint density at radius 2 is 1.90 bits per heavy atom. The maximum absolute atomic E-state index is 12.7. The van der Waals surface area contributed by atoms with E-state index in [1.54, 1.807) is 17.0 Å². The van der Waals surface area contributed by atoms with Crippen molar-refractivity contribution < 1.29 is 4.79 Å². The molecule has 0 unspecified atom stereocenters. The van der Waals surface area contributed by atoms with Crippen LogP contribution in [0.5, 0.6) is 0 Å². The van der Waals surface area contributed by atoms with Crippen LogP contribution in [0.2, 0.25) is 5.02 Å². The molecule has 0 aliphatic carbocycles. The van der Waals surface area contributed by atoms with Gasteiger partial charge < -0.3 is 10.6 Å². The van der Waals surface area contributed by atoms with Crippen molar-refractivity contribution in [2.45, 2.75) is 13.5 Å². The highest BCUT2D eigenvalue weighted by atomic mass is 35.5. The standard InChI is InChI=1S/C17H19ClN2O/c1-13-7-8-15(18)11-16(13)17(21)20(10-9-19)12-14-5-3-2-4-6-14/h2-8,11H,9-10,12,19H2,1H3. The Bertz CT molecular complexity index is 613. The molecule has 110 valence electrons. The second-order valence-electron chi connectivity index (χ2n) is 4.96. The first-order valence-electron chi connectivity index (χ1n) is 6.91. The van der Waals surface area contributed by atoms with E-state index >= 15 is 0 Å². The molecule has 3 nitrogen and oxygen atoms in total. The third kappa shape index (κ3) is 4.06. The fraction of sp³-hybridized carbons (Fsp3) is 0.235. The smallest absolute Gasteiger partial charge is 0.254 e. The SMILES string of the molecule is Cc1ccc(Cl)cc1C(=O)N(CCN)Cc1ccccc1. The minimum absolute atomic E-state index is 0.0377. The number of carbonyl (C=O) groups is 1. The van der Waals surface area contributed by atoms with Crippen LogP contribution in [-0.2, 0) is 6.54 Å². The average molecular weight is 303 g/mol. The van der Waals surface area contributed by atoms with E-state index in [1.807, 2.05) is 43.3 Å². The van der Waals surface area contributed by atoms with Crippen molar-refractivity contribution in [3.63, 3.8) is 0 Å². The molecule has 0 heterocycles. The average Bonchev–Trinajstić information content (AvgIpc) is 2.49. The number of amides is 1. The molecule has 2 N–H and O–H groups in total. The summed E-state index contributed by atoms with van der Waals surface area (Å²) in [6, 6.07) is 15.3. The zero-order valence-corrected chi connectivity index (χ0v) is 12.8.